The quantitative estimate of drug-likeness (QED) is 0.793. The van der Waals surface area contributed by atoms with Crippen molar-refractivity contribution in [3.63, 3.8) is 0 Å². The van der Waals surface area contributed by atoms with E-state index in [2.05, 4.69) is 5.32 Å². The van der Waals surface area contributed by atoms with Crippen LogP contribution < -0.4 is 5.32 Å². The van der Waals surface area contributed by atoms with Crippen LogP contribution in [0.25, 0.3) is 0 Å². The average Bonchev–Trinajstić information content (AvgIpc) is 2.31. The number of anilines is 1. The molecule has 2 N–H and O–H groups in total. The van der Waals surface area contributed by atoms with Crippen molar-refractivity contribution in [1.82, 2.24) is 0 Å². The average molecular weight is 269 g/mol. The Labute approximate surface area is 106 Å². The van der Waals surface area contributed by atoms with Crippen LogP contribution >= 0.6 is 0 Å². The van der Waals surface area contributed by atoms with Gasteiger partial charge in [-0.3, -0.25) is 4.79 Å². The summed E-state index contributed by atoms with van der Waals surface area (Å²) < 4.78 is 23.5. The summed E-state index contributed by atoms with van der Waals surface area (Å²) in [7, 11) is -3.31. The first-order valence-electron chi connectivity index (χ1n) is 5.80. The van der Waals surface area contributed by atoms with Gasteiger partial charge in [-0.1, -0.05) is 6.42 Å². The van der Waals surface area contributed by atoms with E-state index >= 15 is 0 Å². The lowest BCUT2D eigenvalue weighted by Crippen LogP contribution is -2.39. The van der Waals surface area contributed by atoms with Crippen molar-refractivity contribution in [1.29, 1.82) is 0 Å². The topological polar surface area (TPSA) is 83.5 Å². The SMILES string of the molecule is O=C(Nc1ccc(O)cc1)C1CCCCS1(=O)=O. The molecule has 1 aromatic rings. The van der Waals surface area contributed by atoms with Gasteiger partial charge in [-0.2, -0.15) is 0 Å². The number of aromatic hydroxyl groups is 1. The smallest absolute Gasteiger partial charge is 0.242 e. The Morgan fingerprint density at radius 1 is 1.22 bits per heavy atom. The van der Waals surface area contributed by atoms with Gasteiger partial charge in [-0.15, -0.1) is 0 Å². The zero-order valence-electron chi connectivity index (χ0n) is 9.80. The number of rotatable bonds is 2. The number of amides is 1. The number of carbonyl (C=O) groups excluding carboxylic acids is 1. The molecule has 1 fully saturated rings. The predicted molar refractivity (Wildman–Crippen MR) is 68.2 cm³/mol. The minimum Gasteiger partial charge on any atom is -0.508 e. The zero-order valence-corrected chi connectivity index (χ0v) is 10.6. The number of carbonyl (C=O) groups is 1. The van der Waals surface area contributed by atoms with Crippen molar-refractivity contribution >= 4 is 21.4 Å². The van der Waals surface area contributed by atoms with Gasteiger partial charge in [0.05, 0.1) is 5.75 Å². The summed E-state index contributed by atoms with van der Waals surface area (Å²) in [5.74, 6) is -0.306. The normalized spacial score (nSPS) is 22.3. The van der Waals surface area contributed by atoms with Crippen LogP contribution in [-0.2, 0) is 14.6 Å². The highest BCUT2D eigenvalue weighted by Gasteiger charge is 2.34. The van der Waals surface area contributed by atoms with Crippen molar-refractivity contribution in [2.75, 3.05) is 11.1 Å². The number of phenolic OH excluding ortho intramolecular Hbond substituents is 1. The highest BCUT2D eigenvalue weighted by atomic mass is 32.2. The molecule has 98 valence electrons. The molecule has 1 aromatic carbocycles. The maximum Gasteiger partial charge on any atom is 0.242 e. The van der Waals surface area contributed by atoms with E-state index in [1.165, 1.54) is 24.3 Å². The summed E-state index contributed by atoms with van der Waals surface area (Å²) >= 11 is 0. The molecule has 5 nitrogen and oxygen atoms in total. The second kappa shape index (κ2) is 4.97. The minimum absolute atomic E-state index is 0.0840. The molecule has 1 unspecified atom stereocenters. The molecule has 1 aliphatic rings. The van der Waals surface area contributed by atoms with E-state index in [-0.39, 0.29) is 11.5 Å². The van der Waals surface area contributed by atoms with Crippen LogP contribution in [0.15, 0.2) is 24.3 Å². The van der Waals surface area contributed by atoms with E-state index in [0.29, 0.717) is 18.5 Å². The Hall–Kier alpha value is -1.56. The fourth-order valence-electron chi connectivity index (χ4n) is 2.02. The van der Waals surface area contributed by atoms with Gasteiger partial charge in [-0.25, -0.2) is 8.42 Å². The van der Waals surface area contributed by atoms with Gasteiger partial charge < -0.3 is 10.4 Å². The minimum atomic E-state index is -3.31. The van der Waals surface area contributed by atoms with Crippen LogP contribution in [0.3, 0.4) is 0 Å². The Bertz CT molecular complexity index is 536. The Morgan fingerprint density at radius 2 is 1.89 bits per heavy atom. The lowest BCUT2D eigenvalue weighted by molar-refractivity contribution is -0.116. The Kier molecular flexibility index (Phi) is 3.56. The van der Waals surface area contributed by atoms with Crippen molar-refractivity contribution in [2.24, 2.45) is 0 Å². The summed E-state index contributed by atoms with van der Waals surface area (Å²) in [4.78, 5) is 11.9. The first-order chi connectivity index (χ1) is 8.49. The fourth-order valence-corrected chi connectivity index (χ4v) is 3.82. The van der Waals surface area contributed by atoms with Gasteiger partial charge >= 0.3 is 0 Å². The summed E-state index contributed by atoms with van der Waals surface area (Å²) in [6.07, 6.45) is 1.77. The molecule has 0 aliphatic carbocycles. The van der Waals surface area contributed by atoms with E-state index < -0.39 is 21.0 Å². The number of benzene rings is 1. The Balaban J connectivity index is 2.10. The van der Waals surface area contributed by atoms with Crippen LogP contribution in [0.4, 0.5) is 5.69 Å². The van der Waals surface area contributed by atoms with Gasteiger partial charge in [0.25, 0.3) is 0 Å². The first-order valence-corrected chi connectivity index (χ1v) is 7.52. The summed E-state index contributed by atoms with van der Waals surface area (Å²) in [6.45, 7) is 0. The molecule has 0 radical (unpaired) electrons. The van der Waals surface area contributed by atoms with E-state index in [0.717, 1.165) is 6.42 Å². The van der Waals surface area contributed by atoms with Crippen molar-refractivity contribution < 1.29 is 18.3 Å². The van der Waals surface area contributed by atoms with Crippen molar-refractivity contribution in [2.45, 2.75) is 24.5 Å². The number of nitrogens with one attached hydrogen (secondary N) is 1. The number of hydrogen-bond donors (Lipinski definition) is 2. The van der Waals surface area contributed by atoms with E-state index in [4.69, 9.17) is 5.11 Å². The highest BCUT2D eigenvalue weighted by molar-refractivity contribution is 7.92. The number of sulfone groups is 1. The van der Waals surface area contributed by atoms with Gasteiger partial charge in [0.1, 0.15) is 11.0 Å². The third-order valence-corrected chi connectivity index (χ3v) is 5.18. The third kappa shape index (κ3) is 2.81. The van der Waals surface area contributed by atoms with Crippen LogP contribution in [0.2, 0.25) is 0 Å². The van der Waals surface area contributed by atoms with Crippen molar-refractivity contribution in [3.05, 3.63) is 24.3 Å². The molecule has 0 spiro atoms. The lowest BCUT2D eigenvalue weighted by Gasteiger charge is -2.21. The third-order valence-electron chi connectivity index (χ3n) is 3.01. The maximum atomic E-state index is 11.9. The van der Waals surface area contributed by atoms with Gasteiger partial charge in [0.2, 0.25) is 5.91 Å². The molecule has 1 saturated heterocycles. The second-order valence-corrected chi connectivity index (χ2v) is 6.69. The van der Waals surface area contributed by atoms with Crippen LogP contribution in [0.5, 0.6) is 5.75 Å². The van der Waals surface area contributed by atoms with Crippen LogP contribution in [0.1, 0.15) is 19.3 Å². The van der Waals surface area contributed by atoms with Gasteiger partial charge in [0.15, 0.2) is 9.84 Å². The highest BCUT2D eigenvalue weighted by Crippen LogP contribution is 2.21. The molecule has 2 rings (SSSR count). The monoisotopic (exact) mass is 269 g/mol. The zero-order chi connectivity index (χ0) is 13.2. The lowest BCUT2D eigenvalue weighted by atomic mass is 10.2. The summed E-state index contributed by atoms with van der Waals surface area (Å²) in [6, 6.07) is 5.93. The van der Waals surface area contributed by atoms with E-state index in [1.807, 2.05) is 0 Å². The van der Waals surface area contributed by atoms with Gasteiger partial charge in [0, 0.05) is 5.69 Å². The number of hydrogen-bond acceptors (Lipinski definition) is 4. The predicted octanol–water partition coefficient (Wildman–Crippen LogP) is 1.30. The van der Waals surface area contributed by atoms with Crippen LogP contribution in [-0.4, -0.2) is 30.4 Å². The molecule has 18 heavy (non-hydrogen) atoms. The molecule has 0 bridgehead atoms. The molecule has 6 heteroatoms. The fraction of sp³-hybridized carbons (Fsp3) is 0.417. The first kappa shape index (κ1) is 12.9. The summed E-state index contributed by atoms with van der Waals surface area (Å²) in [5.41, 5.74) is 0.485. The number of phenols is 1. The molecule has 0 saturated carbocycles. The maximum absolute atomic E-state index is 11.9. The molecule has 1 atom stereocenters. The van der Waals surface area contributed by atoms with E-state index in [1.54, 1.807) is 0 Å². The molecule has 1 aliphatic heterocycles. The molecular weight excluding hydrogens is 254 g/mol. The molecular formula is C12H15NO4S. The standard InChI is InChI=1S/C12H15NO4S/c14-10-6-4-9(5-7-10)13-12(15)11-3-1-2-8-18(11,16)17/h4-7,11,14H,1-3,8H2,(H,13,15). The largest absolute Gasteiger partial charge is 0.508 e. The summed E-state index contributed by atoms with van der Waals surface area (Å²) in [5, 5.41) is 10.7. The van der Waals surface area contributed by atoms with Gasteiger partial charge in [-0.05, 0) is 37.1 Å². The van der Waals surface area contributed by atoms with Crippen molar-refractivity contribution in [3.8, 4) is 5.75 Å². The second-order valence-electron chi connectivity index (χ2n) is 4.39. The molecule has 1 heterocycles. The molecule has 1 amide bonds. The molecule has 0 aromatic heterocycles. The Morgan fingerprint density at radius 3 is 2.50 bits per heavy atom. The van der Waals surface area contributed by atoms with Crippen LogP contribution in [0, 0.1) is 0 Å². The van der Waals surface area contributed by atoms with E-state index in [9.17, 15) is 13.2 Å².